The molecule has 0 spiro atoms. The number of ether oxygens (including phenoxy) is 1. The summed E-state index contributed by atoms with van der Waals surface area (Å²) < 4.78 is 7.18. The molecular formula is C19H18N2O2. The third-order valence-electron chi connectivity index (χ3n) is 3.55. The molecule has 1 N–H and O–H groups in total. The van der Waals surface area contributed by atoms with Gasteiger partial charge in [0.05, 0.1) is 12.8 Å². The molecule has 4 nitrogen and oxygen atoms in total. The third kappa shape index (κ3) is 3.80. The number of hydrogen-bond donors (Lipinski definition) is 1. The molecule has 0 fully saturated rings. The smallest absolute Gasteiger partial charge is 0.255 e. The Hall–Kier alpha value is -3.01. The number of benzene rings is 2. The van der Waals surface area contributed by atoms with Gasteiger partial charge in [-0.25, -0.2) is 0 Å². The van der Waals surface area contributed by atoms with E-state index in [9.17, 15) is 4.79 Å². The van der Waals surface area contributed by atoms with E-state index in [1.165, 1.54) is 5.56 Å². The lowest BCUT2D eigenvalue weighted by atomic mass is 10.2. The highest BCUT2D eigenvalue weighted by molar-refractivity contribution is 6.04. The van der Waals surface area contributed by atoms with Crippen LogP contribution >= 0.6 is 0 Å². The average molecular weight is 306 g/mol. The number of carbonyl (C=O) groups is 1. The Labute approximate surface area is 135 Å². The molecule has 0 aliphatic carbocycles. The molecule has 1 amide bonds. The van der Waals surface area contributed by atoms with Gasteiger partial charge in [-0.3, -0.25) is 4.79 Å². The Morgan fingerprint density at radius 3 is 2.70 bits per heavy atom. The van der Waals surface area contributed by atoms with Gasteiger partial charge in [0.25, 0.3) is 5.91 Å². The first-order chi connectivity index (χ1) is 11.2. The van der Waals surface area contributed by atoms with Crippen LogP contribution in [0.1, 0.15) is 15.9 Å². The molecule has 0 saturated carbocycles. The second kappa shape index (κ2) is 6.83. The van der Waals surface area contributed by atoms with Crippen molar-refractivity contribution in [2.24, 2.45) is 0 Å². The van der Waals surface area contributed by atoms with Gasteiger partial charge in [-0.15, -0.1) is 0 Å². The van der Waals surface area contributed by atoms with Crippen LogP contribution in [0.2, 0.25) is 0 Å². The molecule has 23 heavy (non-hydrogen) atoms. The summed E-state index contributed by atoms with van der Waals surface area (Å²) in [5, 5.41) is 2.90. The van der Waals surface area contributed by atoms with Gasteiger partial charge in [-0.1, -0.05) is 36.4 Å². The van der Waals surface area contributed by atoms with Crippen LogP contribution in [0.4, 0.5) is 5.69 Å². The fourth-order valence-corrected chi connectivity index (χ4v) is 2.37. The summed E-state index contributed by atoms with van der Waals surface area (Å²) in [6.07, 6.45) is 3.87. The molecule has 1 heterocycles. The minimum absolute atomic E-state index is 0.152. The van der Waals surface area contributed by atoms with Crippen molar-refractivity contribution in [3.05, 3.63) is 84.2 Å². The van der Waals surface area contributed by atoms with Crippen LogP contribution in [-0.2, 0) is 6.54 Å². The first kappa shape index (κ1) is 14.9. The number of rotatable bonds is 5. The number of methoxy groups -OCH3 is 1. The average Bonchev–Trinajstić information content (AvgIpc) is 3.02. The number of aromatic nitrogens is 1. The fourth-order valence-electron chi connectivity index (χ4n) is 2.37. The molecule has 3 rings (SSSR count). The Bertz CT molecular complexity index is 794. The molecule has 4 heteroatoms. The van der Waals surface area contributed by atoms with Crippen LogP contribution in [0, 0.1) is 0 Å². The molecule has 0 bridgehead atoms. The second-order valence-corrected chi connectivity index (χ2v) is 5.24. The van der Waals surface area contributed by atoms with Crippen molar-refractivity contribution in [3.8, 4) is 5.75 Å². The predicted octanol–water partition coefficient (Wildman–Crippen LogP) is 3.80. The van der Waals surface area contributed by atoms with Crippen LogP contribution in [0.5, 0.6) is 5.75 Å². The van der Waals surface area contributed by atoms with Gasteiger partial charge in [0.1, 0.15) is 5.75 Å². The molecule has 1 aromatic heterocycles. The molecule has 0 saturated heterocycles. The van der Waals surface area contributed by atoms with Gasteiger partial charge in [0.2, 0.25) is 0 Å². The summed E-state index contributed by atoms with van der Waals surface area (Å²) in [7, 11) is 1.58. The zero-order chi connectivity index (χ0) is 16.1. The minimum atomic E-state index is -0.152. The maximum atomic E-state index is 12.3. The summed E-state index contributed by atoms with van der Waals surface area (Å²) in [6.45, 7) is 0.774. The lowest BCUT2D eigenvalue weighted by molar-refractivity contribution is 0.102. The van der Waals surface area contributed by atoms with Gasteiger partial charge in [0.15, 0.2) is 0 Å². The van der Waals surface area contributed by atoms with E-state index in [0.717, 1.165) is 12.2 Å². The number of anilines is 1. The Morgan fingerprint density at radius 1 is 1.09 bits per heavy atom. The molecule has 0 unspecified atom stereocenters. The largest absolute Gasteiger partial charge is 0.497 e. The molecule has 0 radical (unpaired) electrons. The van der Waals surface area contributed by atoms with Crippen molar-refractivity contribution in [1.82, 2.24) is 4.57 Å². The van der Waals surface area contributed by atoms with Gasteiger partial charge < -0.3 is 14.6 Å². The zero-order valence-electron chi connectivity index (χ0n) is 12.9. The minimum Gasteiger partial charge on any atom is -0.497 e. The zero-order valence-corrected chi connectivity index (χ0v) is 12.9. The topological polar surface area (TPSA) is 43.3 Å². The highest BCUT2D eigenvalue weighted by Crippen LogP contribution is 2.16. The van der Waals surface area contributed by atoms with E-state index < -0.39 is 0 Å². The lowest BCUT2D eigenvalue weighted by Crippen LogP contribution is -2.11. The number of carbonyl (C=O) groups excluding carboxylic acids is 1. The first-order valence-electron chi connectivity index (χ1n) is 7.40. The highest BCUT2D eigenvalue weighted by Gasteiger charge is 2.08. The quantitative estimate of drug-likeness (QED) is 0.779. The molecule has 0 aliphatic rings. The van der Waals surface area contributed by atoms with Gasteiger partial charge >= 0.3 is 0 Å². The van der Waals surface area contributed by atoms with E-state index in [1.807, 2.05) is 47.3 Å². The Kier molecular flexibility index (Phi) is 4.43. The first-order valence-corrected chi connectivity index (χ1v) is 7.40. The maximum Gasteiger partial charge on any atom is 0.255 e. The standard InChI is InChI=1S/C19H18N2O2/c1-23-18-9-5-8-16(12-18)19(22)20-17-10-11-21(14-17)13-15-6-3-2-4-7-15/h2-12,14H,13H2,1H3,(H,20,22). The Balaban J connectivity index is 1.67. The van der Waals surface area contributed by atoms with Crippen molar-refractivity contribution >= 4 is 11.6 Å². The van der Waals surface area contributed by atoms with Crippen LogP contribution in [0.25, 0.3) is 0 Å². The lowest BCUT2D eigenvalue weighted by Gasteiger charge is -2.05. The Morgan fingerprint density at radius 2 is 1.91 bits per heavy atom. The van der Waals surface area contributed by atoms with E-state index in [2.05, 4.69) is 17.4 Å². The van der Waals surface area contributed by atoms with Crippen LogP contribution in [0.3, 0.4) is 0 Å². The fraction of sp³-hybridized carbons (Fsp3) is 0.105. The predicted molar refractivity (Wildman–Crippen MR) is 90.9 cm³/mol. The van der Waals surface area contributed by atoms with Gasteiger partial charge in [-0.05, 0) is 29.8 Å². The molecule has 0 atom stereocenters. The summed E-state index contributed by atoms with van der Waals surface area (Å²) in [4.78, 5) is 12.3. The van der Waals surface area contributed by atoms with E-state index in [0.29, 0.717) is 11.3 Å². The summed E-state index contributed by atoms with van der Waals surface area (Å²) in [5.41, 5.74) is 2.56. The third-order valence-corrected chi connectivity index (χ3v) is 3.55. The monoisotopic (exact) mass is 306 g/mol. The van der Waals surface area contributed by atoms with Gasteiger partial charge in [0, 0.05) is 24.5 Å². The van der Waals surface area contributed by atoms with E-state index in [-0.39, 0.29) is 5.91 Å². The van der Waals surface area contributed by atoms with Crippen molar-refractivity contribution < 1.29 is 9.53 Å². The summed E-state index contributed by atoms with van der Waals surface area (Å²) in [5.74, 6) is 0.514. The molecule has 116 valence electrons. The second-order valence-electron chi connectivity index (χ2n) is 5.24. The van der Waals surface area contributed by atoms with Crippen molar-refractivity contribution in [3.63, 3.8) is 0 Å². The van der Waals surface area contributed by atoms with E-state index in [1.54, 1.807) is 25.3 Å². The molecule has 2 aromatic carbocycles. The summed E-state index contributed by atoms with van der Waals surface area (Å²) >= 11 is 0. The van der Waals surface area contributed by atoms with Crippen molar-refractivity contribution in [1.29, 1.82) is 0 Å². The van der Waals surface area contributed by atoms with Crippen LogP contribution in [-0.4, -0.2) is 17.6 Å². The normalized spacial score (nSPS) is 10.3. The van der Waals surface area contributed by atoms with E-state index in [4.69, 9.17) is 4.74 Å². The highest BCUT2D eigenvalue weighted by atomic mass is 16.5. The number of hydrogen-bond acceptors (Lipinski definition) is 2. The SMILES string of the molecule is COc1cccc(C(=O)Nc2ccn(Cc3ccccc3)c2)c1. The number of amides is 1. The molecule has 3 aromatic rings. The van der Waals surface area contributed by atoms with E-state index >= 15 is 0 Å². The summed E-state index contributed by atoms with van der Waals surface area (Å²) in [6, 6.07) is 19.2. The van der Waals surface area contributed by atoms with Crippen LogP contribution in [0.15, 0.2) is 73.1 Å². The van der Waals surface area contributed by atoms with Crippen LogP contribution < -0.4 is 10.1 Å². The molecule has 0 aliphatic heterocycles. The van der Waals surface area contributed by atoms with Crippen molar-refractivity contribution in [2.75, 3.05) is 12.4 Å². The number of nitrogens with zero attached hydrogens (tertiary/aromatic N) is 1. The number of nitrogens with one attached hydrogen (secondary N) is 1. The van der Waals surface area contributed by atoms with Gasteiger partial charge in [-0.2, -0.15) is 0 Å². The maximum absolute atomic E-state index is 12.3. The molecular weight excluding hydrogens is 288 g/mol. The van der Waals surface area contributed by atoms with Crippen molar-refractivity contribution in [2.45, 2.75) is 6.54 Å².